The summed E-state index contributed by atoms with van der Waals surface area (Å²) in [4.78, 5) is 26.2. The summed E-state index contributed by atoms with van der Waals surface area (Å²) in [6, 6.07) is 18.5. The van der Waals surface area contributed by atoms with Crippen molar-refractivity contribution in [2.24, 2.45) is 5.10 Å². The summed E-state index contributed by atoms with van der Waals surface area (Å²) < 4.78 is 0. The number of para-hydroxylation sites is 1. The van der Waals surface area contributed by atoms with Crippen molar-refractivity contribution in [2.45, 2.75) is 43.7 Å². The van der Waals surface area contributed by atoms with Crippen molar-refractivity contribution in [1.29, 1.82) is 0 Å². The summed E-state index contributed by atoms with van der Waals surface area (Å²) in [5.74, 6) is 0.411. The first-order valence-electron chi connectivity index (χ1n) is 12.3. The van der Waals surface area contributed by atoms with Crippen molar-refractivity contribution in [2.75, 3.05) is 30.5 Å². The third-order valence-electron chi connectivity index (χ3n) is 7.89. The van der Waals surface area contributed by atoms with Gasteiger partial charge in [0, 0.05) is 12.3 Å². The lowest BCUT2D eigenvalue weighted by Crippen LogP contribution is -2.54. The molecule has 36 heavy (non-hydrogen) atoms. The molecule has 1 saturated carbocycles. The second kappa shape index (κ2) is 9.35. The molecule has 0 unspecified atom stereocenters. The number of aryl methyl sites for hydroxylation is 1. The Balaban J connectivity index is 1.33. The first-order chi connectivity index (χ1) is 17.4. The van der Waals surface area contributed by atoms with Gasteiger partial charge in [0.1, 0.15) is 0 Å². The van der Waals surface area contributed by atoms with Crippen LogP contribution >= 0.6 is 0 Å². The predicted octanol–water partition coefficient (Wildman–Crippen LogP) is 4.84. The number of amides is 2. The molecule has 2 fully saturated rings. The number of carbonyl (C=O) groups excluding carboxylic acids is 1. The molecule has 1 aliphatic heterocycles. The van der Waals surface area contributed by atoms with E-state index in [4.69, 9.17) is 0 Å². The van der Waals surface area contributed by atoms with Gasteiger partial charge in [0.15, 0.2) is 0 Å². The minimum atomic E-state index is -0.250. The molecule has 3 aromatic rings. The van der Waals surface area contributed by atoms with Crippen molar-refractivity contribution in [3.05, 3.63) is 78.1 Å². The maximum Gasteiger partial charge on any atom is 0.322 e. The summed E-state index contributed by atoms with van der Waals surface area (Å²) in [6.45, 7) is 6.30. The number of anilines is 3. The van der Waals surface area contributed by atoms with Crippen LogP contribution in [-0.4, -0.2) is 53.8 Å². The highest BCUT2D eigenvalue weighted by Crippen LogP contribution is 2.46. The van der Waals surface area contributed by atoms with Gasteiger partial charge >= 0.3 is 6.03 Å². The van der Waals surface area contributed by atoms with E-state index in [1.54, 1.807) is 22.3 Å². The van der Waals surface area contributed by atoms with Crippen molar-refractivity contribution in [3.63, 3.8) is 0 Å². The number of urea groups is 1. The predicted molar refractivity (Wildman–Crippen MR) is 144 cm³/mol. The molecule has 0 radical (unpaired) electrons. The summed E-state index contributed by atoms with van der Waals surface area (Å²) in [6.07, 6.45) is 7.14. The molecule has 1 aliphatic carbocycles. The zero-order chi connectivity index (χ0) is 25.3. The van der Waals surface area contributed by atoms with Crippen LogP contribution < -0.4 is 15.2 Å². The quantitative estimate of drug-likeness (QED) is 0.401. The Labute approximate surface area is 212 Å². The second-order valence-electron chi connectivity index (χ2n) is 10.1. The molecular weight excluding hydrogens is 450 g/mol. The van der Waals surface area contributed by atoms with Crippen LogP contribution in [0.15, 0.2) is 72.1 Å². The van der Waals surface area contributed by atoms with Crippen LogP contribution in [0.2, 0.25) is 0 Å². The zero-order valence-electron chi connectivity index (χ0n) is 21.2. The summed E-state index contributed by atoms with van der Waals surface area (Å²) in [5.41, 5.74) is 3.65. The highest BCUT2D eigenvalue weighted by molar-refractivity contribution is 5.95. The average molecular weight is 484 g/mol. The standard InChI is InChI=1S/C28H33N7O/c1-21-10-8-9-13-24(21)35(29-2)25-30-18-23(19-31-25)34-20-27(32-26(34)36)14-16-28(17-15-27,33(3)4)22-11-6-5-7-12-22/h5-13,18-19H,2,14-17,20H2,1,3-4H3,(H,32,36). The first-order valence-corrected chi connectivity index (χ1v) is 12.3. The van der Waals surface area contributed by atoms with Crippen LogP contribution in [0.1, 0.15) is 36.8 Å². The van der Waals surface area contributed by atoms with Gasteiger partial charge in [0.05, 0.1) is 35.9 Å². The van der Waals surface area contributed by atoms with E-state index >= 15 is 0 Å². The minimum absolute atomic E-state index is 0.0217. The maximum atomic E-state index is 13.1. The summed E-state index contributed by atoms with van der Waals surface area (Å²) >= 11 is 0. The van der Waals surface area contributed by atoms with Crippen molar-refractivity contribution in [1.82, 2.24) is 20.2 Å². The van der Waals surface area contributed by atoms with Crippen molar-refractivity contribution in [3.8, 4) is 0 Å². The lowest BCUT2D eigenvalue weighted by atomic mass is 9.69. The van der Waals surface area contributed by atoms with Gasteiger partial charge in [0.2, 0.25) is 0 Å². The lowest BCUT2D eigenvalue weighted by Gasteiger charge is -2.48. The van der Waals surface area contributed by atoms with Gasteiger partial charge in [-0.25, -0.2) is 14.8 Å². The molecule has 1 saturated heterocycles. The molecule has 186 valence electrons. The number of hydrazone groups is 1. The fourth-order valence-electron chi connectivity index (χ4n) is 5.70. The Kier molecular flexibility index (Phi) is 6.22. The van der Waals surface area contributed by atoms with Gasteiger partial charge in [-0.2, -0.15) is 10.1 Å². The smallest absolute Gasteiger partial charge is 0.322 e. The number of benzene rings is 2. The van der Waals surface area contributed by atoms with Gasteiger partial charge in [-0.1, -0.05) is 48.5 Å². The molecule has 0 bridgehead atoms. The molecule has 2 aromatic carbocycles. The monoisotopic (exact) mass is 483 g/mol. The Hall–Kier alpha value is -3.78. The second-order valence-corrected chi connectivity index (χ2v) is 10.1. The summed E-state index contributed by atoms with van der Waals surface area (Å²) in [5, 5.41) is 9.02. The molecule has 1 aromatic heterocycles. The molecule has 1 spiro atoms. The van der Waals surface area contributed by atoms with E-state index in [9.17, 15) is 4.79 Å². The van der Waals surface area contributed by atoms with Crippen LogP contribution in [0.25, 0.3) is 0 Å². The van der Waals surface area contributed by atoms with Crippen molar-refractivity contribution < 1.29 is 4.79 Å². The van der Waals surface area contributed by atoms with Gasteiger partial charge in [-0.05, 0) is 63.9 Å². The summed E-state index contributed by atoms with van der Waals surface area (Å²) in [7, 11) is 4.31. The van der Waals surface area contributed by atoms with Crippen LogP contribution in [0, 0.1) is 6.92 Å². The minimum Gasteiger partial charge on any atom is -0.330 e. The number of hydrogen-bond donors (Lipinski definition) is 1. The molecular formula is C28H33N7O. The highest BCUT2D eigenvalue weighted by atomic mass is 16.2. The largest absolute Gasteiger partial charge is 0.330 e. The average Bonchev–Trinajstić information content (AvgIpc) is 3.22. The highest BCUT2D eigenvalue weighted by Gasteiger charge is 2.50. The Morgan fingerprint density at radius 2 is 1.61 bits per heavy atom. The first kappa shape index (κ1) is 23.9. The van der Waals surface area contributed by atoms with Crippen molar-refractivity contribution >= 4 is 30.1 Å². The normalized spacial score (nSPS) is 23.7. The van der Waals surface area contributed by atoms with E-state index in [1.165, 1.54) is 5.56 Å². The van der Waals surface area contributed by atoms with Gasteiger partial charge in [0.25, 0.3) is 5.95 Å². The third-order valence-corrected chi connectivity index (χ3v) is 7.89. The van der Waals surface area contributed by atoms with E-state index in [0.29, 0.717) is 18.2 Å². The molecule has 8 heteroatoms. The molecule has 2 amide bonds. The fourth-order valence-corrected chi connectivity index (χ4v) is 5.70. The Morgan fingerprint density at radius 3 is 2.22 bits per heavy atom. The van der Waals surface area contributed by atoms with E-state index in [-0.39, 0.29) is 17.1 Å². The number of hydrogen-bond acceptors (Lipinski definition) is 6. The Morgan fingerprint density at radius 1 is 0.972 bits per heavy atom. The number of rotatable bonds is 6. The van der Waals surface area contributed by atoms with E-state index in [1.807, 2.05) is 31.2 Å². The number of nitrogens with one attached hydrogen (secondary N) is 1. The van der Waals surface area contributed by atoms with E-state index in [0.717, 1.165) is 36.9 Å². The topological polar surface area (TPSA) is 77.0 Å². The Bertz CT molecular complexity index is 1230. The lowest BCUT2D eigenvalue weighted by molar-refractivity contribution is 0.0658. The molecule has 0 atom stereocenters. The molecule has 5 rings (SSSR count). The zero-order valence-corrected chi connectivity index (χ0v) is 21.2. The number of aromatic nitrogens is 2. The fraction of sp³-hybridized carbons (Fsp3) is 0.357. The number of carbonyl (C=O) groups is 1. The third kappa shape index (κ3) is 4.11. The number of nitrogens with zero attached hydrogens (tertiary/aromatic N) is 6. The SMILES string of the molecule is C=NN(c1ncc(N2CC3(CCC(c4ccccc4)(N(C)C)CC3)NC2=O)cn1)c1ccccc1C. The van der Waals surface area contributed by atoms with Gasteiger partial charge in [-0.3, -0.25) is 9.80 Å². The molecule has 8 nitrogen and oxygen atoms in total. The van der Waals surface area contributed by atoms with Gasteiger partial charge < -0.3 is 5.32 Å². The molecule has 2 aliphatic rings. The van der Waals surface area contributed by atoms with Crippen LogP contribution in [0.3, 0.4) is 0 Å². The van der Waals surface area contributed by atoms with E-state index in [2.05, 4.69) is 76.4 Å². The molecule has 1 N–H and O–H groups in total. The van der Waals surface area contributed by atoms with E-state index < -0.39 is 0 Å². The maximum absolute atomic E-state index is 13.1. The molecule has 2 heterocycles. The van der Waals surface area contributed by atoms with Gasteiger partial charge in [-0.15, -0.1) is 0 Å². The van der Waals surface area contributed by atoms with Crippen LogP contribution in [0.4, 0.5) is 22.1 Å². The van der Waals surface area contributed by atoms with Crippen LogP contribution in [0.5, 0.6) is 0 Å². The van der Waals surface area contributed by atoms with Crippen LogP contribution in [-0.2, 0) is 5.54 Å².